The van der Waals surface area contributed by atoms with Crippen molar-refractivity contribution in [3.05, 3.63) is 40.8 Å². The van der Waals surface area contributed by atoms with Crippen LogP contribution in [0.3, 0.4) is 0 Å². The highest BCUT2D eigenvalue weighted by molar-refractivity contribution is 7.23. The topological polar surface area (TPSA) is 112 Å². The molecule has 208 valence electrons. The Bertz CT molecular complexity index is 1440. The van der Waals surface area contributed by atoms with Gasteiger partial charge in [-0.05, 0) is 23.0 Å². The molecule has 2 aromatic heterocycles. The van der Waals surface area contributed by atoms with Gasteiger partial charge in [0.05, 0.1) is 27.0 Å². The van der Waals surface area contributed by atoms with Gasteiger partial charge in [-0.3, -0.25) is 0 Å². The minimum Gasteiger partial charge on any atom is -0.507 e. The van der Waals surface area contributed by atoms with E-state index in [0.717, 1.165) is 38.0 Å². The molecule has 0 saturated carbocycles. The van der Waals surface area contributed by atoms with Gasteiger partial charge < -0.3 is 30.4 Å². The van der Waals surface area contributed by atoms with Crippen molar-refractivity contribution in [3.8, 4) is 44.1 Å². The Kier molecular flexibility index (Phi) is 7.73. The first-order valence-corrected chi connectivity index (χ1v) is 14.1. The number of rotatable bonds is 7. The van der Waals surface area contributed by atoms with Crippen LogP contribution in [0, 0.1) is 0 Å². The van der Waals surface area contributed by atoms with E-state index in [-0.39, 0.29) is 10.8 Å². The molecule has 0 aliphatic heterocycles. The number of nitrogen functional groups attached to an aromatic ring is 1. The molecule has 0 bridgehead atoms. The number of aromatic hydroxyl groups is 1. The van der Waals surface area contributed by atoms with Gasteiger partial charge in [0.25, 0.3) is 0 Å². The summed E-state index contributed by atoms with van der Waals surface area (Å²) in [7, 11) is 4.71. The molecular weight excluding hydrogens is 532 g/mol. The van der Waals surface area contributed by atoms with Crippen LogP contribution >= 0.6 is 22.7 Å². The van der Waals surface area contributed by atoms with E-state index in [9.17, 15) is 5.11 Å². The number of phenolic OH excluding ortho intramolecular Hbond substituents is 1. The molecule has 39 heavy (non-hydrogen) atoms. The summed E-state index contributed by atoms with van der Waals surface area (Å²) in [5, 5.41) is 17.8. The number of ether oxygens (including phenoxy) is 3. The van der Waals surface area contributed by atoms with Crippen LogP contribution in [0.4, 0.5) is 16.6 Å². The molecule has 0 aliphatic rings. The Balaban J connectivity index is 1.69. The molecule has 8 nitrogen and oxygen atoms in total. The van der Waals surface area contributed by atoms with Crippen molar-refractivity contribution in [3.63, 3.8) is 0 Å². The van der Waals surface area contributed by atoms with Crippen molar-refractivity contribution in [1.82, 2.24) is 9.97 Å². The van der Waals surface area contributed by atoms with E-state index in [0.29, 0.717) is 33.9 Å². The van der Waals surface area contributed by atoms with E-state index in [4.69, 9.17) is 24.9 Å². The quantitative estimate of drug-likeness (QED) is 0.209. The fraction of sp³-hybridized carbons (Fsp3) is 0.379. The fourth-order valence-corrected chi connectivity index (χ4v) is 6.09. The van der Waals surface area contributed by atoms with Crippen molar-refractivity contribution < 1.29 is 19.3 Å². The fourth-order valence-electron chi connectivity index (χ4n) is 4.25. The summed E-state index contributed by atoms with van der Waals surface area (Å²) in [6.45, 7) is 12.6. The standard InChI is InChI=1S/C29H36N4O4S2/c1-28(2,3)17-10-15(11-18(22(17)34)29(4,5)6)19-14-38-26(32-19)24-25(30)33-27(39-24)31-16-12-20(35-7)23(37-9)21(13-16)36-8/h10-14,34H,30H2,1-9H3,(H,31,33). The zero-order valence-electron chi connectivity index (χ0n) is 23.8. The van der Waals surface area contributed by atoms with Gasteiger partial charge in [-0.25, -0.2) is 9.97 Å². The van der Waals surface area contributed by atoms with Gasteiger partial charge in [0.2, 0.25) is 5.75 Å². The maximum Gasteiger partial charge on any atom is 0.203 e. The number of nitrogens with two attached hydrogens (primary N) is 1. The summed E-state index contributed by atoms with van der Waals surface area (Å²) in [5.74, 6) is 2.33. The van der Waals surface area contributed by atoms with Crippen LogP contribution in [0.25, 0.3) is 21.1 Å². The summed E-state index contributed by atoms with van der Waals surface area (Å²) in [4.78, 5) is 10.2. The zero-order valence-corrected chi connectivity index (χ0v) is 25.5. The number of phenols is 1. The van der Waals surface area contributed by atoms with Crippen LogP contribution in [0.15, 0.2) is 29.6 Å². The molecule has 4 aromatic rings. The molecule has 0 aliphatic carbocycles. The molecule has 2 aromatic carbocycles. The van der Waals surface area contributed by atoms with Crippen LogP contribution in [-0.4, -0.2) is 36.4 Å². The van der Waals surface area contributed by atoms with Gasteiger partial charge >= 0.3 is 0 Å². The summed E-state index contributed by atoms with van der Waals surface area (Å²) in [6.07, 6.45) is 0. The number of nitrogens with zero attached hydrogens (tertiary/aromatic N) is 2. The third-order valence-corrected chi connectivity index (χ3v) is 8.27. The first-order chi connectivity index (χ1) is 18.3. The van der Waals surface area contributed by atoms with Crippen LogP contribution in [0.1, 0.15) is 52.7 Å². The monoisotopic (exact) mass is 568 g/mol. The predicted molar refractivity (Wildman–Crippen MR) is 162 cm³/mol. The molecule has 0 fully saturated rings. The first-order valence-electron chi connectivity index (χ1n) is 12.4. The number of hydrogen-bond donors (Lipinski definition) is 3. The number of anilines is 3. The van der Waals surface area contributed by atoms with Gasteiger partial charge in [0.1, 0.15) is 21.5 Å². The smallest absolute Gasteiger partial charge is 0.203 e. The third-order valence-electron chi connectivity index (χ3n) is 6.29. The molecule has 2 heterocycles. The molecule has 4 rings (SSSR count). The lowest BCUT2D eigenvalue weighted by Gasteiger charge is -2.28. The zero-order chi connectivity index (χ0) is 28.7. The van der Waals surface area contributed by atoms with Crippen molar-refractivity contribution in [2.75, 3.05) is 32.4 Å². The Morgan fingerprint density at radius 3 is 1.90 bits per heavy atom. The molecule has 0 radical (unpaired) electrons. The maximum atomic E-state index is 11.1. The molecule has 0 unspecified atom stereocenters. The Morgan fingerprint density at radius 1 is 0.846 bits per heavy atom. The number of thiazole rings is 2. The van der Waals surface area contributed by atoms with Crippen molar-refractivity contribution in [2.45, 2.75) is 52.4 Å². The summed E-state index contributed by atoms with van der Waals surface area (Å²) < 4.78 is 16.3. The molecule has 0 spiro atoms. The number of benzene rings is 2. The van der Waals surface area contributed by atoms with Crippen LogP contribution in [-0.2, 0) is 10.8 Å². The van der Waals surface area contributed by atoms with Crippen molar-refractivity contribution >= 4 is 39.3 Å². The lowest BCUT2D eigenvalue weighted by atomic mass is 9.78. The number of hydrogen-bond acceptors (Lipinski definition) is 10. The molecule has 0 atom stereocenters. The van der Waals surface area contributed by atoms with E-state index in [1.165, 1.54) is 22.7 Å². The van der Waals surface area contributed by atoms with Gasteiger partial charge in [0.15, 0.2) is 16.6 Å². The largest absolute Gasteiger partial charge is 0.507 e. The summed E-state index contributed by atoms with van der Waals surface area (Å²) >= 11 is 2.93. The second-order valence-corrected chi connectivity index (χ2v) is 13.1. The van der Waals surface area contributed by atoms with Crippen molar-refractivity contribution in [2.24, 2.45) is 0 Å². The van der Waals surface area contributed by atoms with E-state index in [2.05, 4.69) is 51.8 Å². The Morgan fingerprint density at radius 2 is 1.41 bits per heavy atom. The normalized spacial score (nSPS) is 11.9. The molecule has 4 N–H and O–H groups in total. The lowest BCUT2D eigenvalue weighted by molar-refractivity contribution is 0.324. The number of methoxy groups -OCH3 is 3. The Hall–Kier alpha value is -3.50. The lowest BCUT2D eigenvalue weighted by Crippen LogP contribution is -2.17. The highest BCUT2D eigenvalue weighted by Crippen LogP contribution is 2.45. The SMILES string of the molecule is COc1cc(Nc2nc(N)c(-c3nc(-c4cc(C(C)(C)C)c(O)c(C(C)(C)C)c4)cs3)s2)cc(OC)c1OC. The number of nitrogens with one attached hydrogen (secondary N) is 1. The van der Waals surface area contributed by atoms with Gasteiger partial charge in [-0.2, -0.15) is 0 Å². The average molecular weight is 569 g/mol. The second kappa shape index (κ2) is 10.6. The first kappa shape index (κ1) is 28.5. The minimum absolute atomic E-state index is 0.228. The van der Waals surface area contributed by atoms with Crippen LogP contribution in [0.2, 0.25) is 0 Å². The van der Waals surface area contributed by atoms with Gasteiger partial charge in [0, 0.05) is 39.9 Å². The number of aromatic nitrogens is 2. The van der Waals surface area contributed by atoms with Gasteiger partial charge in [-0.1, -0.05) is 52.9 Å². The highest BCUT2D eigenvalue weighted by Gasteiger charge is 2.27. The molecule has 10 heteroatoms. The van der Waals surface area contributed by atoms with E-state index >= 15 is 0 Å². The molecule has 0 saturated heterocycles. The third kappa shape index (κ3) is 5.77. The minimum atomic E-state index is -0.228. The molecular formula is C29H36N4O4S2. The van der Waals surface area contributed by atoms with E-state index in [1.807, 2.05) is 29.6 Å². The van der Waals surface area contributed by atoms with Gasteiger partial charge in [-0.15, -0.1) is 11.3 Å². The maximum absolute atomic E-state index is 11.1. The van der Waals surface area contributed by atoms with Crippen molar-refractivity contribution in [1.29, 1.82) is 0 Å². The van der Waals surface area contributed by atoms with E-state index in [1.54, 1.807) is 21.3 Å². The summed E-state index contributed by atoms with van der Waals surface area (Å²) in [5.41, 5.74) is 10.2. The van der Waals surface area contributed by atoms with E-state index < -0.39 is 0 Å². The predicted octanol–water partition coefficient (Wildman–Crippen LogP) is 7.59. The molecule has 0 amide bonds. The average Bonchev–Trinajstić information content (AvgIpc) is 3.48. The highest BCUT2D eigenvalue weighted by atomic mass is 32.1. The van der Waals surface area contributed by atoms with Crippen LogP contribution < -0.4 is 25.3 Å². The Labute approximate surface area is 237 Å². The summed E-state index contributed by atoms with van der Waals surface area (Å²) in [6, 6.07) is 7.70. The van der Waals surface area contributed by atoms with Crippen LogP contribution in [0.5, 0.6) is 23.0 Å². The second-order valence-electron chi connectivity index (χ2n) is 11.2.